The standard InChI is InChI=1S/C24H16F3N7O2/c25-24(26,27)35-18-13-7-12-17(14-18)28-20-21(30-23-22(29-20)33-36-34-23)32-31-19(15-8-3-1-4-9-15)16-10-5-2-6-11-16/h1-14H,(H,28,29,33)(H,30,32,34). The third-order valence-corrected chi connectivity index (χ3v) is 4.81. The number of halogens is 3. The lowest BCUT2D eigenvalue weighted by atomic mass is 10.0. The zero-order valence-electron chi connectivity index (χ0n) is 18.3. The van der Waals surface area contributed by atoms with Crippen molar-refractivity contribution in [2.45, 2.75) is 6.36 Å². The largest absolute Gasteiger partial charge is 0.573 e. The molecule has 2 heterocycles. The number of hydrogen-bond donors (Lipinski definition) is 2. The van der Waals surface area contributed by atoms with E-state index < -0.39 is 12.1 Å². The van der Waals surface area contributed by atoms with Crippen LogP contribution in [0, 0.1) is 0 Å². The van der Waals surface area contributed by atoms with E-state index in [1.165, 1.54) is 18.2 Å². The van der Waals surface area contributed by atoms with E-state index in [0.29, 0.717) is 5.71 Å². The summed E-state index contributed by atoms with van der Waals surface area (Å²) in [7, 11) is 0. The van der Waals surface area contributed by atoms with Crippen LogP contribution in [0.2, 0.25) is 0 Å². The molecular formula is C24H16F3N7O2. The number of anilines is 3. The zero-order chi connectivity index (χ0) is 25.0. The minimum Gasteiger partial charge on any atom is -0.406 e. The molecule has 180 valence electrons. The van der Waals surface area contributed by atoms with Crippen molar-refractivity contribution in [3.63, 3.8) is 0 Å². The van der Waals surface area contributed by atoms with Crippen LogP contribution in [0.5, 0.6) is 5.75 Å². The molecule has 0 unspecified atom stereocenters. The van der Waals surface area contributed by atoms with Gasteiger partial charge in [-0.1, -0.05) is 66.7 Å². The number of rotatable bonds is 7. The van der Waals surface area contributed by atoms with E-state index in [2.05, 4.69) is 40.9 Å². The lowest BCUT2D eigenvalue weighted by molar-refractivity contribution is -0.274. The third kappa shape index (κ3) is 5.38. The average molecular weight is 491 g/mol. The molecular weight excluding hydrogens is 475 g/mol. The van der Waals surface area contributed by atoms with Crippen molar-refractivity contribution in [3.05, 3.63) is 96.1 Å². The van der Waals surface area contributed by atoms with E-state index in [9.17, 15) is 13.2 Å². The van der Waals surface area contributed by atoms with Crippen molar-refractivity contribution in [1.82, 2.24) is 20.3 Å². The number of aromatic nitrogens is 4. The monoisotopic (exact) mass is 491 g/mol. The number of nitrogens with zero attached hydrogens (tertiary/aromatic N) is 5. The molecule has 0 saturated heterocycles. The molecule has 0 radical (unpaired) electrons. The molecule has 0 aliphatic heterocycles. The second-order valence-corrected chi connectivity index (χ2v) is 7.34. The molecule has 0 fully saturated rings. The number of benzene rings is 3. The van der Waals surface area contributed by atoms with Crippen LogP contribution >= 0.6 is 0 Å². The van der Waals surface area contributed by atoms with Gasteiger partial charge in [-0.2, -0.15) is 10.1 Å². The normalized spacial score (nSPS) is 11.2. The summed E-state index contributed by atoms with van der Waals surface area (Å²) in [4.78, 5) is 8.67. The van der Waals surface area contributed by atoms with Crippen molar-refractivity contribution in [3.8, 4) is 5.75 Å². The second-order valence-electron chi connectivity index (χ2n) is 7.34. The van der Waals surface area contributed by atoms with E-state index in [4.69, 9.17) is 4.63 Å². The van der Waals surface area contributed by atoms with Crippen LogP contribution in [-0.4, -0.2) is 32.4 Å². The first-order valence-electron chi connectivity index (χ1n) is 10.5. The van der Waals surface area contributed by atoms with Crippen LogP contribution in [-0.2, 0) is 0 Å². The predicted octanol–water partition coefficient (Wildman–Crippen LogP) is 5.52. The fourth-order valence-electron chi connectivity index (χ4n) is 3.31. The smallest absolute Gasteiger partial charge is 0.406 e. The van der Waals surface area contributed by atoms with Gasteiger partial charge in [0.2, 0.25) is 11.3 Å². The number of ether oxygens (including phenoxy) is 1. The maximum Gasteiger partial charge on any atom is 0.573 e. The summed E-state index contributed by atoms with van der Waals surface area (Å²) in [5.41, 5.74) is 5.70. The summed E-state index contributed by atoms with van der Waals surface area (Å²) in [5, 5.41) is 14.9. The van der Waals surface area contributed by atoms with Gasteiger partial charge < -0.3 is 10.1 Å². The lowest BCUT2D eigenvalue weighted by Gasteiger charge is -2.13. The molecule has 5 rings (SSSR count). The number of hydrazone groups is 1. The van der Waals surface area contributed by atoms with Gasteiger partial charge in [-0.25, -0.2) is 9.61 Å². The number of hydrogen-bond acceptors (Lipinski definition) is 9. The highest BCUT2D eigenvalue weighted by molar-refractivity contribution is 6.13. The lowest BCUT2D eigenvalue weighted by Crippen LogP contribution is -2.17. The van der Waals surface area contributed by atoms with Crippen molar-refractivity contribution in [2.75, 3.05) is 10.7 Å². The van der Waals surface area contributed by atoms with Crippen LogP contribution in [0.3, 0.4) is 0 Å². The number of fused-ring (bicyclic) bond motifs is 1. The highest BCUT2D eigenvalue weighted by Gasteiger charge is 2.31. The van der Waals surface area contributed by atoms with E-state index >= 15 is 0 Å². The highest BCUT2D eigenvalue weighted by atomic mass is 19.4. The van der Waals surface area contributed by atoms with Gasteiger partial charge in [0.1, 0.15) is 5.75 Å². The Morgan fingerprint density at radius 1 is 0.778 bits per heavy atom. The molecule has 2 N–H and O–H groups in total. The Labute approximate surface area is 201 Å². The summed E-state index contributed by atoms with van der Waals surface area (Å²) < 4.78 is 46.6. The molecule has 2 aromatic heterocycles. The first-order valence-corrected chi connectivity index (χ1v) is 10.5. The van der Waals surface area contributed by atoms with Gasteiger partial charge in [0.25, 0.3) is 0 Å². The van der Waals surface area contributed by atoms with Crippen molar-refractivity contribution >= 4 is 34.3 Å². The first-order chi connectivity index (χ1) is 17.4. The molecule has 0 aliphatic rings. The molecule has 0 atom stereocenters. The molecule has 0 saturated carbocycles. The average Bonchev–Trinajstić information content (AvgIpc) is 3.32. The topological polar surface area (TPSA) is 110 Å². The van der Waals surface area contributed by atoms with Crippen LogP contribution in [0.4, 0.5) is 30.5 Å². The van der Waals surface area contributed by atoms with Gasteiger partial charge in [-0.05, 0) is 22.4 Å². The Balaban J connectivity index is 1.51. The number of alkyl halides is 3. The molecule has 12 heteroatoms. The Bertz CT molecular complexity index is 1470. The van der Waals surface area contributed by atoms with E-state index in [-0.39, 0.29) is 28.6 Å². The number of nitrogens with one attached hydrogen (secondary N) is 2. The SMILES string of the molecule is FC(F)(F)Oc1cccc(Nc2nc3nonc3nc2NN=C(c2ccccc2)c2ccccc2)c1. The summed E-state index contributed by atoms with van der Waals surface area (Å²) in [6.07, 6.45) is -4.82. The van der Waals surface area contributed by atoms with Crippen molar-refractivity contribution in [1.29, 1.82) is 0 Å². The molecule has 0 aliphatic carbocycles. The summed E-state index contributed by atoms with van der Waals surface area (Å²) in [6, 6.07) is 24.3. The Kier molecular flexibility index (Phi) is 6.14. The van der Waals surface area contributed by atoms with Crippen molar-refractivity contribution < 1.29 is 22.5 Å². The fourth-order valence-corrected chi connectivity index (χ4v) is 3.31. The van der Waals surface area contributed by atoms with Gasteiger partial charge in [0.05, 0.1) is 5.71 Å². The van der Waals surface area contributed by atoms with Crippen LogP contribution in [0.15, 0.2) is 94.7 Å². The molecule has 36 heavy (non-hydrogen) atoms. The molecule has 5 aromatic rings. The van der Waals surface area contributed by atoms with E-state index in [1.807, 2.05) is 60.7 Å². The molecule has 0 spiro atoms. The zero-order valence-corrected chi connectivity index (χ0v) is 18.3. The van der Waals surface area contributed by atoms with Crippen molar-refractivity contribution in [2.24, 2.45) is 5.10 Å². The van der Waals surface area contributed by atoms with Gasteiger partial charge in [0, 0.05) is 22.9 Å². The summed E-state index contributed by atoms with van der Waals surface area (Å²) in [5.74, 6) is -0.121. The van der Waals surface area contributed by atoms with E-state index in [1.54, 1.807) is 6.07 Å². The third-order valence-electron chi connectivity index (χ3n) is 4.81. The highest BCUT2D eigenvalue weighted by Crippen LogP contribution is 2.29. The molecule has 0 bridgehead atoms. The summed E-state index contributed by atoms with van der Waals surface area (Å²) >= 11 is 0. The predicted molar refractivity (Wildman–Crippen MR) is 126 cm³/mol. The van der Waals surface area contributed by atoms with E-state index in [0.717, 1.165) is 11.1 Å². The van der Waals surface area contributed by atoms with Crippen LogP contribution in [0.25, 0.3) is 11.3 Å². The minimum absolute atomic E-state index is 0.0982. The maximum absolute atomic E-state index is 12.6. The maximum atomic E-state index is 12.6. The Hall–Kier alpha value is -5.00. The first kappa shape index (κ1) is 22.8. The Morgan fingerprint density at radius 2 is 1.39 bits per heavy atom. The van der Waals surface area contributed by atoms with Crippen LogP contribution < -0.4 is 15.5 Å². The summed E-state index contributed by atoms with van der Waals surface area (Å²) in [6.45, 7) is 0. The van der Waals surface area contributed by atoms with Crippen LogP contribution in [0.1, 0.15) is 11.1 Å². The van der Waals surface area contributed by atoms with Gasteiger partial charge in [-0.3, -0.25) is 5.43 Å². The van der Waals surface area contributed by atoms with Gasteiger partial charge in [-0.15, -0.1) is 13.2 Å². The van der Waals surface area contributed by atoms with Gasteiger partial charge in [0.15, 0.2) is 11.6 Å². The fraction of sp³-hybridized carbons (Fsp3) is 0.0417. The molecule has 9 nitrogen and oxygen atoms in total. The quantitative estimate of drug-likeness (QED) is 0.226. The molecule has 0 amide bonds. The molecule has 3 aromatic carbocycles. The minimum atomic E-state index is -4.82. The second kappa shape index (κ2) is 9.70. The Morgan fingerprint density at radius 3 is 2.00 bits per heavy atom. The van der Waals surface area contributed by atoms with Gasteiger partial charge >= 0.3 is 6.36 Å².